The lowest BCUT2D eigenvalue weighted by Crippen LogP contribution is -2.27. The highest BCUT2D eigenvalue weighted by Crippen LogP contribution is 2.25. The molecule has 0 saturated heterocycles. The highest BCUT2D eigenvalue weighted by Gasteiger charge is 2.15. The number of aryl methyl sites for hydroxylation is 1. The van der Waals surface area contributed by atoms with Crippen molar-refractivity contribution in [1.29, 1.82) is 0 Å². The van der Waals surface area contributed by atoms with Gasteiger partial charge in [0.1, 0.15) is 17.6 Å². The number of nitrogens with one attached hydrogen (secondary N) is 1. The molecule has 0 aliphatic heterocycles. The molecule has 5 rings (SSSR count). The number of rotatable bonds is 3. The van der Waals surface area contributed by atoms with Gasteiger partial charge in [-0.1, -0.05) is 18.2 Å². The van der Waals surface area contributed by atoms with Crippen molar-refractivity contribution in [2.75, 3.05) is 5.32 Å². The zero-order valence-electron chi connectivity index (χ0n) is 15.5. The van der Waals surface area contributed by atoms with Gasteiger partial charge in [-0.25, -0.2) is 4.98 Å². The van der Waals surface area contributed by atoms with Crippen LogP contribution in [0.3, 0.4) is 0 Å². The Hall–Kier alpha value is -4.00. The van der Waals surface area contributed by atoms with Crippen LogP contribution in [0.1, 0.15) is 5.56 Å². The Morgan fingerprint density at radius 1 is 1.03 bits per heavy atom. The van der Waals surface area contributed by atoms with E-state index < -0.39 is 5.56 Å². The van der Waals surface area contributed by atoms with Crippen LogP contribution in [0.5, 0.6) is 0 Å². The molecule has 7 heteroatoms. The Labute approximate surface area is 164 Å². The van der Waals surface area contributed by atoms with Crippen LogP contribution in [0, 0.1) is 6.92 Å². The number of carbonyl (C=O) groups is 1. The summed E-state index contributed by atoms with van der Waals surface area (Å²) in [6.45, 7) is 1.79. The quantitative estimate of drug-likeness (QED) is 0.513. The van der Waals surface area contributed by atoms with Gasteiger partial charge in [-0.3, -0.25) is 19.1 Å². The monoisotopic (exact) mass is 384 g/mol. The van der Waals surface area contributed by atoms with E-state index in [1.54, 1.807) is 12.3 Å². The van der Waals surface area contributed by atoms with Gasteiger partial charge in [-0.05, 0) is 42.8 Å². The molecule has 0 radical (unpaired) electrons. The van der Waals surface area contributed by atoms with Crippen LogP contribution in [0.15, 0.2) is 70.3 Å². The van der Waals surface area contributed by atoms with E-state index >= 15 is 0 Å². The van der Waals surface area contributed by atoms with Crippen molar-refractivity contribution in [3.8, 4) is 0 Å². The van der Waals surface area contributed by atoms with E-state index in [0.717, 1.165) is 21.9 Å². The molecular formula is C22H16N4O3. The molecule has 29 heavy (non-hydrogen) atoms. The van der Waals surface area contributed by atoms with Gasteiger partial charge < -0.3 is 9.73 Å². The Balaban J connectivity index is 1.48. The van der Waals surface area contributed by atoms with Crippen LogP contribution in [0.25, 0.3) is 33.0 Å². The standard InChI is InChI=1S/C22H16N4O3/c1-13-8-9-16(14-6-4-10-23-19(13)14)25-18(27)11-26-12-24-20-15-5-2-3-7-17(15)29-21(20)22(26)28/h2-10,12H,11H2,1H3,(H,25,27). The number of hydrogen-bond acceptors (Lipinski definition) is 5. The summed E-state index contributed by atoms with van der Waals surface area (Å²) in [5.74, 6) is -0.335. The van der Waals surface area contributed by atoms with Crippen LogP contribution in [-0.2, 0) is 11.3 Å². The molecule has 0 fully saturated rings. The summed E-state index contributed by atoms with van der Waals surface area (Å²) in [4.78, 5) is 34.1. The highest BCUT2D eigenvalue weighted by atomic mass is 16.3. The predicted molar refractivity (Wildman–Crippen MR) is 111 cm³/mol. The van der Waals surface area contributed by atoms with Gasteiger partial charge in [-0.2, -0.15) is 0 Å². The number of aromatic nitrogens is 3. The van der Waals surface area contributed by atoms with Gasteiger partial charge in [0.2, 0.25) is 11.5 Å². The van der Waals surface area contributed by atoms with Crippen LogP contribution < -0.4 is 10.9 Å². The average Bonchev–Trinajstić information content (AvgIpc) is 3.12. The molecule has 5 aromatic rings. The Bertz CT molecular complexity index is 1470. The third kappa shape index (κ3) is 2.84. The molecule has 1 amide bonds. The van der Waals surface area contributed by atoms with E-state index in [1.807, 2.05) is 49.4 Å². The number of benzene rings is 2. The summed E-state index contributed by atoms with van der Waals surface area (Å²) in [7, 11) is 0. The molecule has 0 bridgehead atoms. The summed E-state index contributed by atoms with van der Waals surface area (Å²) < 4.78 is 6.90. The van der Waals surface area contributed by atoms with Crippen molar-refractivity contribution < 1.29 is 9.21 Å². The van der Waals surface area contributed by atoms with E-state index in [0.29, 0.717) is 16.8 Å². The van der Waals surface area contributed by atoms with Crippen molar-refractivity contribution in [3.63, 3.8) is 0 Å². The van der Waals surface area contributed by atoms with E-state index in [-0.39, 0.29) is 18.0 Å². The van der Waals surface area contributed by atoms with Crippen LogP contribution in [0.2, 0.25) is 0 Å². The Kier molecular flexibility index (Phi) is 3.87. The first kappa shape index (κ1) is 17.1. The number of nitrogens with zero attached hydrogens (tertiary/aromatic N) is 3. The third-order valence-electron chi connectivity index (χ3n) is 4.91. The number of anilines is 1. The lowest BCUT2D eigenvalue weighted by molar-refractivity contribution is -0.116. The minimum absolute atomic E-state index is 0.145. The minimum atomic E-state index is -0.392. The summed E-state index contributed by atoms with van der Waals surface area (Å²) in [6.07, 6.45) is 3.09. The normalized spacial score (nSPS) is 11.3. The smallest absolute Gasteiger partial charge is 0.297 e. The predicted octanol–water partition coefficient (Wildman–Crippen LogP) is 3.64. The lowest BCUT2D eigenvalue weighted by Gasteiger charge is -2.10. The van der Waals surface area contributed by atoms with Gasteiger partial charge in [0.05, 0.1) is 17.5 Å². The number of carbonyl (C=O) groups excluding carboxylic acids is 1. The SMILES string of the molecule is Cc1ccc(NC(=O)Cn2cnc3c(oc4ccccc43)c2=O)c2cccnc12. The molecule has 142 valence electrons. The summed E-state index contributed by atoms with van der Waals surface area (Å²) in [6, 6.07) is 14.8. The van der Waals surface area contributed by atoms with Crippen molar-refractivity contribution in [2.24, 2.45) is 0 Å². The van der Waals surface area contributed by atoms with Gasteiger partial charge in [0.25, 0.3) is 5.56 Å². The van der Waals surface area contributed by atoms with Crippen LogP contribution >= 0.6 is 0 Å². The van der Waals surface area contributed by atoms with Crippen molar-refractivity contribution >= 4 is 44.6 Å². The molecule has 3 aromatic heterocycles. The van der Waals surface area contributed by atoms with Crippen molar-refractivity contribution in [3.05, 3.63) is 77.0 Å². The number of para-hydroxylation sites is 1. The second-order valence-electron chi connectivity index (χ2n) is 6.83. The first-order valence-corrected chi connectivity index (χ1v) is 9.13. The number of hydrogen-bond donors (Lipinski definition) is 1. The van der Waals surface area contributed by atoms with E-state index in [2.05, 4.69) is 15.3 Å². The number of fused-ring (bicyclic) bond motifs is 4. The number of amides is 1. The molecule has 0 spiro atoms. The third-order valence-corrected chi connectivity index (χ3v) is 4.91. The molecular weight excluding hydrogens is 368 g/mol. The average molecular weight is 384 g/mol. The fourth-order valence-electron chi connectivity index (χ4n) is 3.50. The molecule has 0 saturated carbocycles. The largest absolute Gasteiger partial charge is 0.448 e. The molecule has 0 atom stereocenters. The van der Waals surface area contributed by atoms with E-state index in [9.17, 15) is 9.59 Å². The maximum absolute atomic E-state index is 12.8. The highest BCUT2D eigenvalue weighted by molar-refractivity contribution is 6.03. The van der Waals surface area contributed by atoms with Gasteiger partial charge in [-0.15, -0.1) is 0 Å². The van der Waals surface area contributed by atoms with Gasteiger partial charge in [0, 0.05) is 17.0 Å². The van der Waals surface area contributed by atoms with Gasteiger partial charge in [0.15, 0.2) is 0 Å². The number of furan rings is 1. The maximum atomic E-state index is 12.8. The van der Waals surface area contributed by atoms with E-state index in [4.69, 9.17) is 4.42 Å². The first-order chi connectivity index (χ1) is 14.1. The van der Waals surface area contributed by atoms with Crippen LogP contribution in [0.4, 0.5) is 5.69 Å². The second-order valence-corrected chi connectivity index (χ2v) is 6.83. The molecule has 1 N–H and O–H groups in total. The zero-order valence-corrected chi connectivity index (χ0v) is 15.5. The van der Waals surface area contributed by atoms with Crippen LogP contribution in [-0.4, -0.2) is 20.4 Å². The fraction of sp³-hybridized carbons (Fsp3) is 0.0909. The molecule has 0 aliphatic rings. The topological polar surface area (TPSA) is 90.0 Å². The fourth-order valence-corrected chi connectivity index (χ4v) is 3.50. The van der Waals surface area contributed by atoms with Gasteiger partial charge >= 0.3 is 0 Å². The molecule has 2 aromatic carbocycles. The molecule has 0 aliphatic carbocycles. The maximum Gasteiger partial charge on any atom is 0.297 e. The Morgan fingerprint density at radius 3 is 2.76 bits per heavy atom. The first-order valence-electron chi connectivity index (χ1n) is 9.13. The minimum Gasteiger partial charge on any atom is -0.448 e. The Morgan fingerprint density at radius 2 is 1.86 bits per heavy atom. The molecule has 0 unspecified atom stereocenters. The van der Waals surface area contributed by atoms with Crippen molar-refractivity contribution in [2.45, 2.75) is 13.5 Å². The number of pyridine rings is 1. The summed E-state index contributed by atoms with van der Waals surface area (Å²) >= 11 is 0. The van der Waals surface area contributed by atoms with Crippen molar-refractivity contribution in [1.82, 2.24) is 14.5 Å². The summed E-state index contributed by atoms with van der Waals surface area (Å²) in [5, 5.41) is 4.48. The molecule has 3 heterocycles. The summed E-state index contributed by atoms with van der Waals surface area (Å²) in [5.41, 5.74) is 3.34. The zero-order chi connectivity index (χ0) is 20.0. The second kappa shape index (κ2) is 6.56. The lowest BCUT2D eigenvalue weighted by atomic mass is 10.1. The molecule has 7 nitrogen and oxygen atoms in total. The van der Waals surface area contributed by atoms with E-state index in [1.165, 1.54) is 10.9 Å².